The van der Waals surface area contributed by atoms with Gasteiger partial charge in [-0.1, -0.05) is 182 Å². The first-order valence-electron chi connectivity index (χ1n) is 44.1. The van der Waals surface area contributed by atoms with Gasteiger partial charge in [-0.3, -0.25) is 13.7 Å². The number of nitrogens with zero attached hydrogens (tertiary/aromatic N) is 21. The Labute approximate surface area is 761 Å². The zero-order valence-corrected chi connectivity index (χ0v) is 71.0. The van der Waals surface area contributed by atoms with Crippen LogP contribution in [0.25, 0.3) is 267 Å². The van der Waals surface area contributed by atoms with Crippen molar-refractivity contribution in [3.8, 4) is 69.9 Å². The third-order valence-electron chi connectivity index (χ3n) is 25.6. The molecule has 12 aromatic carbocycles. The molecule has 0 spiro atoms. The molecule has 0 aliphatic rings. The molecule has 0 N–H and O–H groups in total. The number of benzene rings is 12. The standard InChI is InChI=1S/3C37H21N7O/c1-4-17-29-22(10-1)23-11-2-5-18-30(23)43(29)36-40-33(28-14-7-13-25-24-12-3-6-19-31(24)45-32(25)28)41-37(42-36)44-34-26(15-8-20-38-34)27-16-9-21-39-35(27)44;1-4-14-29-23(9-1)24-10-2-5-15-30(24)43(29)36-40-33(22-17-18-26-25-11-3-6-16-31(25)45-32(26)21-22)41-37(42-36)44-34-27(12-7-19-38-34)28-13-8-20-39-35(28)44;1-4-14-29-23(9-1)24-10-2-5-15-30(24)43(29)36-40-33(22-17-18-32-28(21-22)25-11-3-6-16-31(25)45-32)41-37(42-36)44-34-26(12-7-19-38-34)27-13-8-20-39-35(27)44/h3*1-21H. The van der Waals surface area contributed by atoms with E-state index in [2.05, 4.69) is 171 Å². The van der Waals surface area contributed by atoms with Crippen LogP contribution in [0.15, 0.2) is 396 Å². The summed E-state index contributed by atoms with van der Waals surface area (Å²) in [7, 11) is 0. The van der Waals surface area contributed by atoms with E-state index in [4.69, 9.17) is 88.0 Å². The highest BCUT2D eigenvalue weighted by Crippen LogP contribution is 2.43. The molecule has 0 saturated heterocycles. The summed E-state index contributed by atoms with van der Waals surface area (Å²) in [6.07, 6.45) is 10.7. The number of pyridine rings is 6. The Hall–Kier alpha value is -19.2. The van der Waals surface area contributed by atoms with Crippen molar-refractivity contribution in [1.82, 2.24) is 102 Å². The molecule has 24 heteroatoms. The summed E-state index contributed by atoms with van der Waals surface area (Å²) < 4.78 is 30.9. The number of aromatic nitrogens is 21. The van der Waals surface area contributed by atoms with Gasteiger partial charge in [0.25, 0.3) is 0 Å². The second-order valence-corrected chi connectivity index (χ2v) is 33.0. The van der Waals surface area contributed by atoms with Crippen LogP contribution in [0, 0.1) is 0 Å². The van der Waals surface area contributed by atoms with Crippen molar-refractivity contribution in [1.29, 1.82) is 0 Å². The SMILES string of the molecule is c1ccc2c(c1)oc1c(-c3nc(-n4c5ccccc5c5ccccc54)nc(-n4c5ncccc5c5cccnc54)n3)cccc12.c1ccc2c(c1)oc1cc(-c3nc(-n4c5ccccc5c5ccccc54)nc(-n4c5ncccc5c5cccnc54)n3)ccc12.c1ccc2c(c1)oc1ccc(-c3nc(-n4c5ccccc5c5ccccc54)nc(-n4c5ncccc5c5cccnc54)n3)cc12. The fourth-order valence-corrected chi connectivity index (χ4v) is 19.7. The van der Waals surface area contributed by atoms with Gasteiger partial charge in [-0.25, -0.2) is 43.6 Å². The Morgan fingerprint density at radius 3 is 0.793 bits per heavy atom. The number of furan rings is 3. The maximum Gasteiger partial charge on any atom is 0.242 e. The molecule has 135 heavy (non-hydrogen) atoms. The van der Waals surface area contributed by atoms with Crippen LogP contribution in [0.3, 0.4) is 0 Å². The quantitative estimate of drug-likeness (QED) is 0.130. The molecular weight excluding hydrogens is 1680 g/mol. The van der Waals surface area contributed by atoms with Gasteiger partial charge in [0.05, 0.1) is 38.7 Å². The maximum absolute atomic E-state index is 6.44. The van der Waals surface area contributed by atoms with Crippen LogP contribution in [0.2, 0.25) is 0 Å². The molecule has 18 aromatic heterocycles. The Bertz CT molecular complexity index is 9460. The average Bonchev–Trinajstić information content (AvgIpc) is 1.58. The Morgan fingerprint density at radius 2 is 0.422 bits per heavy atom. The van der Waals surface area contributed by atoms with Crippen molar-refractivity contribution in [3.63, 3.8) is 0 Å². The number of hydrogen-bond donors (Lipinski definition) is 0. The van der Waals surface area contributed by atoms with E-state index in [1.165, 1.54) is 0 Å². The predicted molar refractivity (Wildman–Crippen MR) is 530 cm³/mol. The van der Waals surface area contributed by atoms with Gasteiger partial charge < -0.3 is 13.3 Å². The molecule has 18 heterocycles. The summed E-state index contributed by atoms with van der Waals surface area (Å²) in [6, 6.07) is 116. The van der Waals surface area contributed by atoms with Crippen molar-refractivity contribution < 1.29 is 13.3 Å². The Morgan fingerprint density at radius 1 is 0.163 bits per heavy atom. The molecule has 0 fully saturated rings. The molecule has 30 aromatic rings. The third kappa shape index (κ3) is 11.7. The van der Waals surface area contributed by atoms with Gasteiger partial charge in [-0.2, -0.15) is 44.9 Å². The lowest BCUT2D eigenvalue weighted by atomic mass is 10.1. The lowest BCUT2D eigenvalue weighted by Crippen LogP contribution is -2.11. The number of fused-ring (bicyclic) bond motifs is 27. The molecule has 0 bridgehead atoms. The molecule has 0 radical (unpaired) electrons. The van der Waals surface area contributed by atoms with E-state index in [0.717, 1.165) is 214 Å². The summed E-state index contributed by atoms with van der Waals surface area (Å²) in [6.45, 7) is 0. The van der Waals surface area contributed by atoms with Crippen LogP contribution in [-0.2, 0) is 0 Å². The van der Waals surface area contributed by atoms with Gasteiger partial charge in [-0.15, -0.1) is 0 Å². The van der Waals surface area contributed by atoms with E-state index < -0.39 is 0 Å². The molecule has 630 valence electrons. The van der Waals surface area contributed by atoms with Gasteiger partial charge in [0, 0.05) is 145 Å². The third-order valence-corrected chi connectivity index (χ3v) is 25.6. The summed E-state index contributed by atoms with van der Waals surface area (Å²) in [5, 5.41) is 18.8. The highest BCUT2D eigenvalue weighted by molar-refractivity contribution is 6.15. The smallest absolute Gasteiger partial charge is 0.242 e. The first kappa shape index (κ1) is 74.8. The molecule has 0 atom stereocenters. The maximum atomic E-state index is 6.44. The van der Waals surface area contributed by atoms with Crippen LogP contribution >= 0.6 is 0 Å². The van der Waals surface area contributed by atoms with E-state index in [-0.39, 0.29) is 0 Å². The van der Waals surface area contributed by atoms with Gasteiger partial charge in [-0.05, 0) is 164 Å². The number of rotatable bonds is 9. The van der Waals surface area contributed by atoms with Crippen molar-refractivity contribution in [2.75, 3.05) is 0 Å². The van der Waals surface area contributed by atoms with E-state index in [9.17, 15) is 0 Å². The molecule has 0 saturated carbocycles. The first-order chi connectivity index (χ1) is 67.0. The lowest BCUT2D eigenvalue weighted by molar-refractivity contribution is 0.668. The summed E-state index contributed by atoms with van der Waals surface area (Å²) in [5.74, 6) is 4.32. The van der Waals surface area contributed by atoms with E-state index in [0.29, 0.717) is 53.2 Å². The normalized spacial score (nSPS) is 12.0. The van der Waals surface area contributed by atoms with Gasteiger partial charge in [0.1, 0.15) is 67.4 Å². The van der Waals surface area contributed by atoms with Crippen molar-refractivity contribution in [2.45, 2.75) is 0 Å². The highest BCUT2D eigenvalue weighted by Gasteiger charge is 2.29. The van der Waals surface area contributed by atoms with Crippen molar-refractivity contribution in [3.05, 3.63) is 383 Å². The molecule has 0 aliphatic carbocycles. The molecule has 24 nitrogen and oxygen atoms in total. The topological polar surface area (TPSA) is 262 Å². The minimum absolute atomic E-state index is 0.419. The molecular formula is C111H63N21O3. The number of hydrogen-bond acceptors (Lipinski definition) is 18. The Balaban J connectivity index is 0.000000101. The zero-order chi connectivity index (χ0) is 88.5. The van der Waals surface area contributed by atoms with Crippen molar-refractivity contribution >= 4 is 197 Å². The molecule has 0 unspecified atom stereocenters. The monoisotopic (exact) mass is 1740 g/mol. The van der Waals surface area contributed by atoms with Crippen LogP contribution in [0.4, 0.5) is 0 Å². The second kappa shape index (κ2) is 29.7. The fraction of sp³-hybridized carbons (Fsp3) is 0. The first-order valence-corrected chi connectivity index (χ1v) is 44.1. The van der Waals surface area contributed by atoms with Gasteiger partial charge >= 0.3 is 0 Å². The minimum atomic E-state index is 0.419. The minimum Gasteiger partial charge on any atom is -0.456 e. The largest absolute Gasteiger partial charge is 0.456 e. The fourth-order valence-electron chi connectivity index (χ4n) is 19.7. The molecule has 0 aliphatic heterocycles. The van der Waals surface area contributed by atoms with Crippen molar-refractivity contribution in [2.24, 2.45) is 0 Å². The lowest BCUT2D eigenvalue weighted by Gasteiger charge is -2.12. The highest BCUT2D eigenvalue weighted by atomic mass is 16.3. The Kier molecular flexibility index (Phi) is 16.4. The van der Waals surface area contributed by atoms with E-state index >= 15 is 0 Å². The summed E-state index contributed by atoms with van der Waals surface area (Å²) >= 11 is 0. The van der Waals surface area contributed by atoms with Crippen LogP contribution < -0.4 is 0 Å². The van der Waals surface area contributed by atoms with Crippen LogP contribution in [-0.4, -0.2) is 102 Å². The number of para-hydroxylation sites is 10. The predicted octanol–water partition coefficient (Wildman–Crippen LogP) is 25.3. The summed E-state index contributed by atoms with van der Waals surface area (Å²) in [4.78, 5) is 74.8. The average molecular weight is 1740 g/mol. The van der Waals surface area contributed by atoms with Crippen LogP contribution in [0.1, 0.15) is 0 Å². The van der Waals surface area contributed by atoms with Crippen LogP contribution in [0.5, 0.6) is 0 Å². The molecule has 30 rings (SSSR count). The van der Waals surface area contributed by atoms with Gasteiger partial charge in [0.15, 0.2) is 17.5 Å². The summed E-state index contributed by atoms with van der Waals surface area (Å²) in [5.41, 5.74) is 17.6. The van der Waals surface area contributed by atoms with Gasteiger partial charge in [0.2, 0.25) is 35.7 Å². The van der Waals surface area contributed by atoms with E-state index in [1.54, 1.807) is 37.2 Å². The van der Waals surface area contributed by atoms with E-state index in [1.807, 2.05) is 202 Å². The molecule has 0 amide bonds. The second-order valence-electron chi connectivity index (χ2n) is 33.0. The zero-order valence-electron chi connectivity index (χ0n) is 71.0.